The monoisotopic (exact) mass is 359 g/mol. The molecule has 2 amide bonds. The molecular weight excluding hydrogens is 342 g/mol. The summed E-state index contributed by atoms with van der Waals surface area (Å²) in [6.07, 6.45) is 2.59. The number of thioether (sulfide) groups is 1. The van der Waals surface area contributed by atoms with Gasteiger partial charge in [-0.1, -0.05) is 67.6 Å². The largest absolute Gasteiger partial charge is 0.298 e. The second-order valence-electron chi connectivity index (χ2n) is 6.07. The van der Waals surface area contributed by atoms with Gasteiger partial charge in [0.2, 0.25) is 0 Å². The van der Waals surface area contributed by atoms with E-state index < -0.39 is 0 Å². The zero-order valence-corrected chi connectivity index (χ0v) is 15.1. The number of hydrogen-bond donors (Lipinski definition) is 0. The van der Waals surface area contributed by atoms with Crippen LogP contribution in [0, 0.1) is 0 Å². The number of nitrogens with zero attached hydrogens (tertiary/aromatic N) is 1. The predicted octanol–water partition coefficient (Wildman–Crippen LogP) is 5.64. The van der Waals surface area contributed by atoms with Crippen molar-refractivity contribution in [3.8, 4) is 0 Å². The summed E-state index contributed by atoms with van der Waals surface area (Å²) in [5, 5.41) is 1.93. The number of rotatable bonds is 3. The highest BCUT2D eigenvalue weighted by Gasteiger charge is 2.37. The number of para-hydroxylation sites is 1. The Morgan fingerprint density at radius 2 is 1.65 bits per heavy atom. The number of anilines is 1. The van der Waals surface area contributed by atoms with Crippen LogP contribution >= 0.6 is 11.8 Å². The maximum Gasteiger partial charge on any atom is 0.298 e. The second kappa shape index (κ2) is 6.81. The summed E-state index contributed by atoms with van der Waals surface area (Å²) in [7, 11) is 0. The van der Waals surface area contributed by atoms with Gasteiger partial charge in [-0.05, 0) is 52.2 Å². The van der Waals surface area contributed by atoms with Gasteiger partial charge >= 0.3 is 0 Å². The Morgan fingerprint density at radius 3 is 2.50 bits per heavy atom. The Bertz CT molecular complexity index is 1050. The van der Waals surface area contributed by atoms with Gasteiger partial charge in [-0.3, -0.25) is 9.59 Å². The fraction of sp³-hybridized carbons (Fsp3) is 0.0909. The van der Waals surface area contributed by atoms with Crippen LogP contribution in [0.5, 0.6) is 0 Å². The number of carbonyl (C=O) groups excluding carboxylic acids is 2. The molecule has 1 aliphatic rings. The topological polar surface area (TPSA) is 37.4 Å². The molecule has 0 aliphatic carbocycles. The zero-order valence-electron chi connectivity index (χ0n) is 14.3. The summed E-state index contributed by atoms with van der Waals surface area (Å²) in [5.41, 5.74) is 2.61. The summed E-state index contributed by atoms with van der Waals surface area (Å²) in [6.45, 7) is 2.02. The summed E-state index contributed by atoms with van der Waals surface area (Å²) in [4.78, 5) is 27.2. The minimum Gasteiger partial charge on any atom is -0.268 e. The van der Waals surface area contributed by atoms with Crippen molar-refractivity contribution in [3.63, 3.8) is 0 Å². The van der Waals surface area contributed by atoms with Crippen molar-refractivity contribution < 1.29 is 9.59 Å². The quantitative estimate of drug-likeness (QED) is 0.568. The normalized spacial score (nSPS) is 16.0. The molecule has 0 radical (unpaired) electrons. The van der Waals surface area contributed by atoms with Crippen LogP contribution in [0.25, 0.3) is 16.8 Å². The van der Waals surface area contributed by atoms with Gasteiger partial charge in [0.05, 0.1) is 10.6 Å². The smallest absolute Gasteiger partial charge is 0.268 e. The molecule has 128 valence electrons. The van der Waals surface area contributed by atoms with E-state index in [-0.39, 0.29) is 11.1 Å². The lowest BCUT2D eigenvalue weighted by Gasteiger charge is -2.16. The number of benzene rings is 3. The van der Waals surface area contributed by atoms with Gasteiger partial charge in [0.1, 0.15) is 0 Å². The van der Waals surface area contributed by atoms with Crippen molar-refractivity contribution in [1.82, 2.24) is 0 Å². The van der Waals surface area contributed by atoms with E-state index in [2.05, 4.69) is 0 Å². The highest BCUT2D eigenvalue weighted by atomic mass is 32.2. The molecule has 0 bridgehead atoms. The van der Waals surface area contributed by atoms with Crippen LogP contribution in [0.15, 0.2) is 71.6 Å². The Kier molecular flexibility index (Phi) is 4.35. The minimum atomic E-state index is -0.256. The van der Waals surface area contributed by atoms with Gasteiger partial charge < -0.3 is 0 Å². The van der Waals surface area contributed by atoms with Gasteiger partial charge in [-0.15, -0.1) is 0 Å². The Balaban J connectivity index is 1.76. The molecule has 1 aliphatic heterocycles. The number of imide groups is 1. The maximum absolute atomic E-state index is 12.9. The van der Waals surface area contributed by atoms with E-state index in [0.717, 1.165) is 40.1 Å². The first-order valence-electron chi connectivity index (χ1n) is 8.52. The first-order chi connectivity index (χ1) is 12.7. The van der Waals surface area contributed by atoms with E-state index in [1.54, 1.807) is 0 Å². The molecule has 4 heteroatoms. The van der Waals surface area contributed by atoms with Crippen LogP contribution in [-0.2, 0) is 11.2 Å². The fourth-order valence-corrected chi connectivity index (χ4v) is 4.05. The molecule has 1 heterocycles. The summed E-state index contributed by atoms with van der Waals surface area (Å²) < 4.78 is 0. The van der Waals surface area contributed by atoms with Crippen LogP contribution in [-0.4, -0.2) is 11.1 Å². The van der Waals surface area contributed by atoms with E-state index in [4.69, 9.17) is 0 Å². The average Bonchev–Trinajstić information content (AvgIpc) is 2.95. The van der Waals surface area contributed by atoms with E-state index >= 15 is 0 Å². The van der Waals surface area contributed by atoms with Gasteiger partial charge in [-0.2, -0.15) is 0 Å². The molecule has 3 nitrogen and oxygen atoms in total. The van der Waals surface area contributed by atoms with E-state index in [1.807, 2.05) is 79.7 Å². The SMILES string of the molecule is CCc1ccccc1N1C(=O)S/C(=C\c2cccc3ccccc23)C1=O. The van der Waals surface area contributed by atoms with E-state index in [1.165, 1.54) is 4.90 Å². The second-order valence-corrected chi connectivity index (χ2v) is 7.06. The first-order valence-corrected chi connectivity index (χ1v) is 9.34. The maximum atomic E-state index is 12.9. The van der Waals surface area contributed by atoms with Crippen molar-refractivity contribution in [2.45, 2.75) is 13.3 Å². The molecule has 0 saturated carbocycles. The average molecular weight is 359 g/mol. The van der Waals surface area contributed by atoms with E-state index in [0.29, 0.717) is 10.6 Å². The molecule has 3 aromatic carbocycles. The third-order valence-corrected chi connectivity index (χ3v) is 5.39. The van der Waals surface area contributed by atoms with Crippen molar-refractivity contribution in [3.05, 3.63) is 82.8 Å². The van der Waals surface area contributed by atoms with Crippen LogP contribution in [0.3, 0.4) is 0 Å². The summed E-state index contributed by atoms with van der Waals surface area (Å²) in [5.74, 6) is -0.256. The summed E-state index contributed by atoms with van der Waals surface area (Å²) in [6, 6.07) is 21.6. The Labute approximate surface area is 156 Å². The van der Waals surface area contributed by atoms with Crippen LogP contribution in [0.4, 0.5) is 10.5 Å². The standard InChI is InChI=1S/C22H17NO2S/c1-2-15-8-4-6-13-19(15)23-21(24)20(26-22(23)25)14-17-11-7-10-16-9-3-5-12-18(16)17/h3-14H,2H2,1H3/b20-14-. The highest BCUT2D eigenvalue weighted by molar-refractivity contribution is 8.19. The van der Waals surface area contributed by atoms with Gasteiger partial charge in [0, 0.05) is 0 Å². The van der Waals surface area contributed by atoms with Crippen molar-refractivity contribution in [1.29, 1.82) is 0 Å². The van der Waals surface area contributed by atoms with Crippen LogP contribution in [0.2, 0.25) is 0 Å². The lowest BCUT2D eigenvalue weighted by Crippen LogP contribution is -2.28. The number of aryl methyl sites for hydroxylation is 1. The highest BCUT2D eigenvalue weighted by Crippen LogP contribution is 2.37. The Morgan fingerprint density at radius 1 is 0.923 bits per heavy atom. The molecule has 4 rings (SSSR count). The molecule has 0 atom stereocenters. The third-order valence-electron chi connectivity index (χ3n) is 4.52. The molecular formula is C22H17NO2S. The van der Waals surface area contributed by atoms with Gasteiger partial charge in [0.15, 0.2) is 0 Å². The molecule has 1 saturated heterocycles. The number of fused-ring (bicyclic) bond motifs is 1. The fourth-order valence-electron chi connectivity index (χ4n) is 3.22. The van der Waals surface area contributed by atoms with Gasteiger partial charge in [-0.25, -0.2) is 4.90 Å². The first kappa shape index (κ1) is 16.6. The van der Waals surface area contributed by atoms with E-state index in [9.17, 15) is 9.59 Å². The Hall–Kier alpha value is -2.85. The molecule has 0 spiro atoms. The molecule has 3 aromatic rings. The molecule has 0 aromatic heterocycles. The number of amides is 2. The number of hydrogen-bond acceptors (Lipinski definition) is 3. The lowest BCUT2D eigenvalue weighted by molar-refractivity contribution is -0.113. The minimum absolute atomic E-state index is 0.248. The van der Waals surface area contributed by atoms with Gasteiger partial charge in [0.25, 0.3) is 11.1 Å². The van der Waals surface area contributed by atoms with Crippen LogP contribution < -0.4 is 4.90 Å². The molecule has 0 unspecified atom stereocenters. The van der Waals surface area contributed by atoms with Crippen molar-refractivity contribution in [2.75, 3.05) is 4.90 Å². The zero-order chi connectivity index (χ0) is 18.1. The summed E-state index contributed by atoms with van der Waals surface area (Å²) >= 11 is 0.998. The molecule has 26 heavy (non-hydrogen) atoms. The molecule has 0 N–H and O–H groups in total. The predicted molar refractivity (Wildman–Crippen MR) is 108 cm³/mol. The van der Waals surface area contributed by atoms with Crippen molar-refractivity contribution in [2.24, 2.45) is 0 Å². The number of carbonyl (C=O) groups is 2. The van der Waals surface area contributed by atoms with Crippen molar-refractivity contribution >= 4 is 45.4 Å². The van der Waals surface area contributed by atoms with Crippen LogP contribution in [0.1, 0.15) is 18.1 Å². The lowest BCUT2D eigenvalue weighted by atomic mass is 10.0. The third kappa shape index (κ3) is 2.82. The molecule has 1 fully saturated rings.